The first-order chi connectivity index (χ1) is 29.4. The molecule has 0 saturated heterocycles. The van der Waals surface area contributed by atoms with E-state index in [1.807, 2.05) is 18.3 Å². The van der Waals surface area contributed by atoms with Crippen molar-refractivity contribution in [3.8, 4) is 23.0 Å². The lowest BCUT2D eigenvalue weighted by Gasteiger charge is -2.20. The Kier molecular flexibility index (Phi) is 7.39. The average Bonchev–Trinajstić information content (AvgIpc) is 3.97. The number of imidazole rings is 1. The van der Waals surface area contributed by atoms with Crippen molar-refractivity contribution < 1.29 is 9.14 Å². The molecule has 12 rings (SSSR count). The maximum absolute atomic E-state index is 6.72. The molecule has 5 heterocycles. The van der Waals surface area contributed by atoms with Gasteiger partial charge in [-0.05, 0) is 83.1 Å². The fourth-order valence-corrected chi connectivity index (χ4v) is 9.25. The molecule has 0 saturated carbocycles. The molecular weight excluding hydrogens is 735 g/mol. The summed E-state index contributed by atoms with van der Waals surface area (Å²) in [6, 6.07) is 60.2. The Labute approximate surface area is 346 Å². The Bertz CT molecular complexity index is 3750. The Hall–Kier alpha value is -7.70. The minimum Gasteiger partial charge on any atom is -0.458 e. The Morgan fingerprint density at radius 1 is 0.517 bits per heavy atom. The quantitative estimate of drug-likeness (QED) is 0.132. The van der Waals surface area contributed by atoms with Crippen LogP contribution in [-0.4, -0.2) is 18.5 Å². The van der Waals surface area contributed by atoms with Crippen LogP contribution in [-0.2, 0) is 5.41 Å². The summed E-state index contributed by atoms with van der Waals surface area (Å²) >= 11 is 0. The molecule has 6 nitrogen and oxygen atoms in total. The van der Waals surface area contributed by atoms with E-state index in [9.17, 15) is 0 Å². The van der Waals surface area contributed by atoms with Crippen molar-refractivity contribution in [2.45, 2.75) is 26.2 Å². The summed E-state index contributed by atoms with van der Waals surface area (Å²) in [4.78, 5) is 4.87. The number of rotatable bonds is 4. The zero-order valence-corrected chi connectivity index (χ0v) is 33.5. The highest BCUT2D eigenvalue weighted by Gasteiger charge is 2.19. The topological polar surface area (TPSA) is 40.5 Å². The predicted molar refractivity (Wildman–Crippen MR) is 245 cm³/mol. The van der Waals surface area contributed by atoms with Gasteiger partial charge in [0.1, 0.15) is 17.3 Å². The molecular formula is C54H39N5O. The molecule has 286 valence electrons. The number of fused-ring (bicyclic) bond motifs is 13. The second-order valence-corrected chi connectivity index (χ2v) is 16.7. The Morgan fingerprint density at radius 3 is 1.92 bits per heavy atom. The molecule has 6 heteroatoms. The van der Waals surface area contributed by atoms with Gasteiger partial charge in [0.25, 0.3) is 6.33 Å². The van der Waals surface area contributed by atoms with E-state index in [0.29, 0.717) is 0 Å². The van der Waals surface area contributed by atoms with Gasteiger partial charge in [-0.3, -0.25) is 13.5 Å². The normalized spacial score (nSPS) is 12.2. The van der Waals surface area contributed by atoms with Gasteiger partial charge in [0.2, 0.25) is 0 Å². The van der Waals surface area contributed by atoms with Gasteiger partial charge in [-0.25, -0.2) is 4.98 Å². The van der Waals surface area contributed by atoms with E-state index in [0.717, 1.165) is 72.1 Å². The van der Waals surface area contributed by atoms with Gasteiger partial charge in [0.15, 0.2) is 0 Å². The molecule has 5 aromatic heterocycles. The number of benzene rings is 7. The highest BCUT2D eigenvalue weighted by atomic mass is 16.5. The first-order valence-electron chi connectivity index (χ1n) is 20.5. The minimum atomic E-state index is -0.00937. The third-order valence-electron chi connectivity index (χ3n) is 12.1. The van der Waals surface area contributed by atoms with Crippen LogP contribution in [0.15, 0.2) is 182 Å². The summed E-state index contributed by atoms with van der Waals surface area (Å²) < 4.78 is 15.7. The first kappa shape index (κ1) is 34.4. The second kappa shape index (κ2) is 12.9. The third kappa shape index (κ3) is 5.20. The van der Waals surface area contributed by atoms with Gasteiger partial charge in [-0.1, -0.05) is 118 Å². The lowest BCUT2D eigenvalue weighted by molar-refractivity contribution is -0.485. The van der Waals surface area contributed by atoms with E-state index in [2.05, 4.69) is 209 Å². The van der Waals surface area contributed by atoms with Crippen LogP contribution >= 0.6 is 0 Å². The molecule has 0 fully saturated rings. The molecule has 0 N–H and O–H groups in total. The van der Waals surface area contributed by atoms with Crippen molar-refractivity contribution in [2.75, 3.05) is 0 Å². The molecule has 0 bridgehead atoms. The molecule has 0 amide bonds. The van der Waals surface area contributed by atoms with Gasteiger partial charge < -0.3 is 9.14 Å². The molecule has 0 radical (unpaired) electrons. The average molecular weight is 774 g/mol. The molecule has 0 unspecified atom stereocenters. The largest absolute Gasteiger partial charge is 0.458 e. The molecule has 0 atom stereocenters. The number of nitrogens with zero attached hydrogens (tertiary/aromatic N) is 5. The summed E-state index contributed by atoms with van der Waals surface area (Å²) in [6.07, 6.45) is 7.89. The van der Waals surface area contributed by atoms with Crippen LogP contribution in [0.3, 0.4) is 0 Å². The fraction of sp³-hybridized carbons (Fsp3) is 0.0741. The first-order valence-corrected chi connectivity index (χ1v) is 20.5. The summed E-state index contributed by atoms with van der Waals surface area (Å²) in [5, 5.41) is 8.20. The summed E-state index contributed by atoms with van der Waals surface area (Å²) in [7, 11) is 0. The maximum atomic E-state index is 6.72. The van der Waals surface area contributed by atoms with Gasteiger partial charge in [-0.15, -0.1) is 0 Å². The van der Waals surface area contributed by atoms with E-state index in [1.54, 1.807) is 0 Å². The van der Waals surface area contributed by atoms with Crippen LogP contribution in [0.25, 0.3) is 87.8 Å². The monoisotopic (exact) mass is 773 g/mol. The lowest BCUT2D eigenvalue weighted by atomic mass is 9.88. The smallest absolute Gasteiger partial charge is 0.269 e. The third-order valence-corrected chi connectivity index (χ3v) is 12.1. The standard InChI is InChI=1S/C54H39N5O/c1-54(2,3)35-28-29-55-52(30-35)58-47-23-9-5-18-41(47)43-27-26-38(32-50(43)58)60-37-15-12-14-36(31-37)56-33-51-45-21-13-20-44-42-19-7-11-25-49(42)59(53(44)45)48-24-10-6-17-40(48)39-16-4-8-22-46(39)57(51)34-56/h4-33H,1-3H3. The van der Waals surface area contributed by atoms with Crippen LogP contribution in [0.1, 0.15) is 26.3 Å². The number of hydrogen-bond acceptors (Lipinski definition) is 2. The highest BCUT2D eigenvalue weighted by Crippen LogP contribution is 2.38. The number of ether oxygens (including phenoxy) is 1. The molecule has 0 aliphatic heterocycles. The molecule has 0 aliphatic rings. The van der Waals surface area contributed by atoms with Gasteiger partial charge in [-0.2, -0.15) is 0 Å². The van der Waals surface area contributed by atoms with Gasteiger partial charge >= 0.3 is 0 Å². The molecule has 7 aromatic carbocycles. The Morgan fingerprint density at radius 2 is 1.13 bits per heavy atom. The van der Waals surface area contributed by atoms with E-state index in [1.165, 1.54) is 32.8 Å². The number of pyridine rings is 1. The van der Waals surface area contributed by atoms with Crippen LogP contribution < -0.4 is 9.14 Å². The Balaban J connectivity index is 1.04. The molecule has 0 aliphatic carbocycles. The van der Waals surface area contributed by atoms with E-state index in [4.69, 9.17) is 9.72 Å². The lowest BCUT2D eigenvalue weighted by Crippen LogP contribution is -2.19. The van der Waals surface area contributed by atoms with Crippen LogP contribution in [0.2, 0.25) is 0 Å². The minimum absolute atomic E-state index is 0.00937. The molecule has 12 aromatic rings. The van der Waals surface area contributed by atoms with Gasteiger partial charge in [0, 0.05) is 50.8 Å². The van der Waals surface area contributed by atoms with Gasteiger partial charge in [0.05, 0.1) is 44.3 Å². The molecule has 60 heavy (non-hydrogen) atoms. The van der Waals surface area contributed by atoms with E-state index >= 15 is 0 Å². The van der Waals surface area contributed by atoms with Crippen molar-refractivity contribution in [3.63, 3.8) is 0 Å². The summed E-state index contributed by atoms with van der Waals surface area (Å²) in [5.74, 6) is 2.37. The summed E-state index contributed by atoms with van der Waals surface area (Å²) in [5.41, 5.74) is 9.92. The van der Waals surface area contributed by atoms with Crippen molar-refractivity contribution in [1.29, 1.82) is 0 Å². The van der Waals surface area contributed by atoms with Crippen LogP contribution in [0.4, 0.5) is 0 Å². The van der Waals surface area contributed by atoms with Crippen LogP contribution in [0.5, 0.6) is 11.5 Å². The maximum Gasteiger partial charge on any atom is 0.269 e. The number of aromatic nitrogens is 5. The van der Waals surface area contributed by atoms with Crippen LogP contribution in [0, 0.1) is 6.33 Å². The van der Waals surface area contributed by atoms with E-state index in [-0.39, 0.29) is 5.41 Å². The zero-order valence-electron chi connectivity index (χ0n) is 33.5. The SMILES string of the molecule is CC(C)(C)c1ccnc(-n2c3ccccc3c3ccc(Oc4cccc(-n5[c-][n+]6c7ccccc7c7ccccc7n7c8ccccc8c8cccc(c87)c6c5)c4)cc32)c1. The van der Waals surface area contributed by atoms with Crippen molar-refractivity contribution in [2.24, 2.45) is 0 Å². The predicted octanol–water partition coefficient (Wildman–Crippen LogP) is 13.0. The second-order valence-electron chi connectivity index (χ2n) is 16.7. The van der Waals surface area contributed by atoms with Crippen molar-refractivity contribution in [3.05, 3.63) is 194 Å². The zero-order chi connectivity index (χ0) is 40.1. The van der Waals surface area contributed by atoms with E-state index < -0.39 is 0 Å². The number of hydrogen-bond donors (Lipinski definition) is 0. The fourth-order valence-electron chi connectivity index (χ4n) is 9.25. The highest BCUT2D eigenvalue weighted by molar-refractivity contribution is 6.18. The molecule has 0 spiro atoms. The van der Waals surface area contributed by atoms with Crippen molar-refractivity contribution in [1.82, 2.24) is 18.5 Å². The summed E-state index contributed by atoms with van der Waals surface area (Å²) in [6.45, 7) is 6.71. The van der Waals surface area contributed by atoms with Crippen molar-refractivity contribution >= 4 is 76.3 Å². The number of para-hydroxylation sites is 5.